The number of carbonyl (C=O) groups excluding carboxylic acids is 3. The molecule has 0 radical (unpaired) electrons. The first-order valence-electron chi connectivity index (χ1n) is 14.8. The number of aryl methyl sites for hydroxylation is 1. The second kappa shape index (κ2) is 13.1. The Morgan fingerprint density at radius 3 is 2.61 bits per heavy atom. The van der Waals surface area contributed by atoms with Gasteiger partial charge in [0, 0.05) is 12.0 Å². The van der Waals surface area contributed by atoms with E-state index in [4.69, 9.17) is 18.9 Å². The van der Waals surface area contributed by atoms with Gasteiger partial charge in [0.1, 0.15) is 22.5 Å². The number of amides is 1. The molecule has 0 spiro atoms. The number of benzene rings is 2. The lowest BCUT2D eigenvalue weighted by Gasteiger charge is -2.24. The van der Waals surface area contributed by atoms with Gasteiger partial charge in [-0.05, 0) is 75.6 Å². The number of nitrogens with zero attached hydrogens (tertiary/aromatic N) is 2. The number of aliphatic hydroxyl groups is 1. The number of rotatable bonds is 11. The molecule has 3 aromatic rings. The first-order valence-corrected chi connectivity index (χ1v) is 15.6. The smallest absolute Gasteiger partial charge is 0.350 e. The molecule has 2 aromatic carbocycles. The molecule has 1 amide bonds. The van der Waals surface area contributed by atoms with E-state index in [0.29, 0.717) is 48.0 Å². The number of aromatic nitrogens is 1. The summed E-state index contributed by atoms with van der Waals surface area (Å²) in [6.45, 7) is 10.3. The van der Waals surface area contributed by atoms with Crippen molar-refractivity contribution in [3.05, 3.63) is 69.2 Å². The summed E-state index contributed by atoms with van der Waals surface area (Å²) >= 11 is 0.957. The zero-order chi connectivity index (χ0) is 31.5. The molecule has 2 atom stereocenters. The van der Waals surface area contributed by atoms with Gasteiger partial charge < -0.3 is 24.1 Å². The van der Waals surface area contributed by atoms with Crippen molar-refractivity contribution in [3.8, 4) is 17.2 Å². The van der Waals surface area contributed by atoms with Gasteiger partial charge in [-0.15, -0.1) is 0 Å². The Kier molecular flexibility index (Phi) is 9.24. The van der Waals surface area contributed by atoms with Gasteiger partial charge in [-0.25, -0.2) is 9.78 Å². The summed E-state index contributed by atoms with van der Waals surface area (Å²) < 4.78 is 22.8. The fourth-order valence-corrected chi connectivity index (χ4v) is 6.34. The zero-order valence-electron chi connectivity index (χ0n) is 25.5. The van der Waals surface area contributed by atoms with E-state index in [1.807, 2.05) is 13.8 Å². The second-order valence-electron chi connectivity index (χ2n) is 10.6. The van der Waals surface area contributed by atoms with Gasteiger partial charge in [0.15, 0.2) is 16.6 Å². The Balaban J connectivity index is 1.67. The average Bonchev–Trinajstić information content (AvgIpc) is 3.65. The molecule has 2 unspecified atom stereocenters. The molecule has 1 aromatic heterocycles. The molecule has 232 valence electrons. The van der Waals surface area contributed by atoms with E-state index in [2.05, 4.69) is 11.9 Å². The fourth-order valence-electron chi connectivity index (χ4n) is 5.35. The Hall–Kier alpha value is -4.38. The highest BCUT2D eigenvalue weighted by Crippen LogP contribution is 2.46. The summed E-state index contributed by atoms with van der Waals surface area (Å²) in [7, 11) is 0. The predicted molar refractivity (Wildman–Crippen MR) is 166 cm³/mol. The van der Waals surface area contributed by atoms with Crippen LogP contribution in [0.25, 0.3) is 5.76 Å². The molecule has 2 aliphatic rings. The molecule has 2 aliphatic heterocycles. The third kappa shape index (κ3) is 5.88. The Bertz CT molecular complexity index is 1630. The van der Waals surface area contributed by atoms with Crippen molar-refractivity contribution in [1.29, 1.82) is 0 Å². The van der Waals surface area contributed by atoms with Crippen LogP contribution in [0, 0.1) is 6.92 Å². The first-order chi connectivity index (χ1) is 21.2. The highest BCUT2D eigenvalue weighted by atomic mass is 32.1. The zero-order valence-corrected chi connectivity index (χ0v) is 26.3. The standard InChI is InChI=1S/C33H36N2O8S/c1-6-9-14-42-24-13-10-20(17-25(24)40-7-2)27-26(28(36)21-11-12-23-22(16-21)15-18(4)43-23)29(37)31(38)35(27)33-34-19(5)30(44-33)32(39)41-8-3/h10-13,16-18,27,36H,6-9,14-15H2,1-5H3/b28-26+. The maximum absolute atomic E-state index is 13.7. The number of ether oxygens (including phenoxy) is 4. The molecule has 1 fully saturated rings. The van der Waals surface area contributed by atoms with Crippen molar-refractivity contribution in [3.63, 3.8) is 0 Å². The summed E-state index contributed by atoms with van der Waals surface area (Å²) in [5, 5.41) is 11.8. The fraction of sp³-hybridized carbons (Fsp3) is 0.394. The lowest BCUT2D eigenvalue weighted by molar-refractivity contribution is -0.132. The molecule has 5 rings (SSSR count). The number of aliphatic hydroxyl groups excluding tert-OH is 1. The van der Waals surface area contributed by atoms with E-state index in [9.17, 15) is 19.5 Å². The number of anilines is 1. The van der Waals surface area contributed by atoms with Gasteiger partial charge in [-0.2, -0.15) is 0 Å². The number of esters is 1. The van der Waals surface area contributed by atoms with Crippen LogP contribution in [0.15, 0.2) is 42.0 Å². The molecule has 0 bridgehead atoms. The van der Waals surface area contributed by atoms with Crippen LogP contribution in [0.2, 0.25) is 0 Å². The number of hydrogen-bond donors (Lipinski definition) is 1. The van der Waals surface area contributed by atoms with Crippen molar-refractivity contribution < 1.29 is 38.4 Å². The minimum absolute atomic E-state index is 0.00948. The number of thiazole rings is 1. The maximum Gasteiger partial charge on any atom is 0.350 e. The van der Waals surface area contributed by atoms with Gasteiger partial charge in [-0.1, -0.05) is 30.7 Å². The third-order valence-electron chi connectivity index (χ3n) is 7.40. The molecule has 10 nitrogen and oxygen atoms in total. The summed E-state index contributed by atoms with van der Waals surface area (Å²) in [6.07, 6.45) is 2.47. The second-order valence-corrected chi connectivity index (χ2v) is 11.6. The monoisotopic (exact) mass is 620 g/mol. The van der Waals surface area contributed by atoms with E-state index in [0.717, 1.165) is 35.5 Å². The van der Waals surface area contributed by atoms with Crippen molar-refractivity contribution >= 4 is 39.9 Å². The lowest BCUT2D eigenvalue weighted by atomic mass is 9.94. The number of Topliss-reactive ketones (excluding diaryl/α,β-unsaturated/α-hetero) is 1. The minimum Gasteiger partial charge on any atom is -0.507 e. The SMILES string of the molecule is CCCCOc1ccc(C2/C(=C(\O)c3ccc4c(c3)CC(C)O4)C(=O)C(=O)N2c2nc(C)c(C(=O)OCC)s2)cc1OCC. The van der Waals surface area contributed by atoms with Crippen LogP contribution in [-0.4, -0.2) is 53.7 Å². The summed E-state index contributed by atoms with van der Waals surface area (Å²) in [5.74, 6) is -0.941. The van der Waals surface area contributed by atoms with Crippen LogP contribution < -0.4 is 19.1 Å². The van der Waals surface area contributed by atoms with Crippen LogP contribution in [-0.2, 0) is 20.7 Å². The molecule has 0 saturated carbocycles. The quantitative estimate of drug-likeness (QED) is 0.0883. The van der Waals surface area contributed by atoms with Crippen LogP contribution in [0.5, 0.6) is 17.2 Å². The number of ketones is 1. The van der Waals surface area contributed by atoms with Crippen LogP contribution in [0.1, 0.15) is 78.6 Å². The Morgan fingerprint density at radius 1 is 1.09 bits per heavy atom. The average molecular weight is 621 g/mol. The largest absolute Gasteiger partial charge is 0.507 e. The van der Waals surface area contributed by atoms with Crippen molar-refractivity contribution in [2.45, 2.75) is 66.0 Å². The van der Waals surface area contributed by atoms with Gasteiger partial charge >= 0.3 is 11.9 Å². The highest BCUT2D eigenvalue weighted by Gasteiger charge is 2.49. The first kappa shape index (κ1) is 31.1. The third-order valence-corrected chi connectivity index (χ3v) is 8.54. The topological polar surface area (TPSA) is 124 Å². The minimum atomic E-state index is -1.07. The van der Waals surface area contributed by atoms with Gasteiger partial charge in [0.05, 0.1) is 37.1 Å². The van der Waals surface area contributed by atoms with E-state index < -0.39 is 23.7 Å². The molecule has 0 aliphatic carbocycles. The van der Waals surface area contributed by atoms with E-state index >= 15 is 0 Å². The lowest BCUT2D eigenvalue weighted by Crippen LogP contribution is -2.29. The highest BCUT2D eigenvalue weighted by molar-refractivity contribution is 7.17. The number of fused-ring (bicyclic) bond motifs is 1. The molecule has 11 heteroatoms. The van der Waals surface area contributed by atoms with Gasteiger partial charge in [0.25, 0.3) is 5.78 Å². The number of unbranched alkanes of at least 4 members (excludes halogenated alkanes) is 1. The maximum atomic E-state index is 13.7. The summed E-state index contributed by atoms with van der Waals surface area (Å²) in [5.41, 5.74) is 2.05. The molecule has 44 heavy (non-hydrogen) atoms. The predicted octanol–water partition coefficient (Wildman–Crippen LogP) is 6.16. The van der Waals surface area contributed by atoms with Crippen molar-refractivity contribution in [2.75, 3.05) is 24.7 Å². The molecular weight excluding hydrogens is 584 g/mol. The Labute approximate surface area is 260 Å². The van der Waals surface area contributed by atoms with Crippen LogP contribution >= 0.6 is 11.3 Å². The van der Waals surface area contributed by atoms with E-state index in [1.54, 1.807) is 50.2 Å². The molecule has 1 N–H and O–H groups in total. The van der Waals surface area contributed by atoms with Crippen LogP contribution in [0.4, 0.5) is 5.13 Å². The number of carbonyl (C=O) groups is 3. The van der Waals surface area contributed by atoms with E-state index in [1.165, 1.54) is 4.90 Å². The van der Waals surface area contributed by atoms with Crippen molar-refractivity contribution in [1.82, 2.24) is 4.98 Å². The van der Waals surface area contributed by atoms with Crippen molar-refractivity contribution in [2.24, 2.45) is 0 Å². The van der Waals surface area contributed by atoms with Crippen LogP contribution in [0.3, 0.4) is 0 Å². The molecule has 3 heterocycles. The summed E-state index contributed by atoms with van der Waals surface area (Å²) in [4.78, 5) is 46.1. The summed E-state index contributed by atoms with van der Waals surface area (Å²) in [6, 6.07) is 9.33. The number of hydrogen-bond acceptors (Lipinski definition) is 10. The van der Waals surface area contributed by atoms with E-state index in [-0.39, 0.29) is 34.1 Å². The normalized spacial score (nSPS) is 18.7. The Morgan fingerprint density at radius 2 is 1.89 bits per heavy atom. The molecular formula is C33H36N2O8S. The van der Waals surface area contributed by atoms with Gasteiger partial charge in [-0.3, -0.25) is 14.5 Å². The molecule has 1 saturated heterocycles. The van der Waals surface area contributed by atoms with Gasteiger partial charge in [0.2, 0.25) is 0 Å².